The minimum absolute atomic E-state index is 0.600. The van der Waals surface area contributed by atoms with Crippen LogP contribution in [0.25, 0.3) is 11.0 Å². The van der Waals surface area contributed by atoms with Crippen molar-refractivity contribution in [2.75, 3.05) is 11.9 Å². The highest BCUT2D eigenvalue weighted by molar-refractivity contribution is 5.76. The predicted octanol–water partition coefficient (Wildman–Crippen LogP) is 5.34. The van der Waals surface area contributed by atoms with E-state index in [0.717, 1.165) is 40.4 Å². The molecule has 0 atom stereocenters. The third-order valence-electron chi connectivity index (χ3n) is 4.98. The first-order chi connectivity index (χ1) is 13.7. The minimum Gasteiger partial charge on any atom is -0.491 e. The Hall–Kier alpha value is -3.27. The average molecular weight is 371 g/mol. The Labute approximate surface area is 165 Å². The highest BCUT2D eigenvalue weighted by Crippen LogP contribution is 2.20. The summed E-state index contributed by atoms with van der Waals surface area (Å²) in [6, 6.07) is 24.7. The van der Waals surface area contributed by atoms with Crippen LogP contribution in [0.5, 0.6) is 5.75 Å². The van der Waals surface area contributed by atoms with E-state index < -0.39 is 0 Å². The van der Waals surface area contributed by atoms with Crippen molar-refractivity contribution < 1.29 is 4.74 Å². The second-order valence-electron chi connectivity index (χ2n) is 6.95. The van der Waals surface area contributed by atoms with Gasteiger partial charge in [-0.15, -0.1) is 0 Å². The van der Waals surface area contributed by atoms with Crippen LogP contribution in [0.2, 0.25) is 0 Å². The summed E-state index contributed by atoms with van der Waals surface area (Å²) in [4.78, 5) is 4.85. The normalized spacial score (nSPS) is 10.9. The Morgan fingerprint density at radius 2 is 1.57 bits per heavy atom. The van der Waals surface area contributed by atoms with Crippen molar-refractivity contribution in [2.45, 2.75) is 26.9 Å². The van der Waals surface area contributed by atoms with E-state index in [0.29, 0.717) is 13.2 Å². The number of ether oxygens (including phenoxy) is 1. The lowest BCUT2D eigenvalue weighted by atomic mass is 10.2. The van der Waals surface area contributed by atoms with Crippen molar-refractivity contribution in [1.29, 1.82) is 0 Å². The molecule has 0 saturated heterocycles. The van der Waals surface area contributed by atoms with Crippen LogP contribution >= 0.6 is 0 Å². The number of hydrogen-bond donors (Lipinski definition) is 1. The van der Waals surface area contributed by atoms with E-state index in [1.54, 1.807) is 0 Å². The van der Waals surface area contributed by atoms with Gasteiger partial charge in [0.25, 0.3) is 0 Å². The van der Waals surface area contributed by atoms with Crippen molar-refractivity contribution in [3.05, 3.63) is 89.7 Å². The van der Waals surface area contributed by atoms with Crippen LogP contribution in [0.1, 0.15) is 17.0 Å². The fourth-order valence-electron chi connectivity index (χ4n) is 3.42. The minimum atomic E-state index is 0.600. The van der Waals surface area contributed by atoms with Gasteiger partial charge in [0.1, 0.15) is 18.2 Å². The third-order valence-corrected chi connectivity index (χ3v) is 4.98. The fourth-order valence-corrected chi connectivity index (χ4v) is 3.42. The number of fused-ring (bicyclic) bond motifs is 1. The molecule has 3 aromatic carbocycles. The van der Waals surface area contributed by atoms with Gasteiger partial charge in [-0.1, -0.05) is 48.5 Å². The van der Waals surface area contributed by atoms with E-state index in [2.05, 4.69) is 66.2 Å². The van der Waals surface area contributed by atoms with E-state index in [4.69, 9.17) is 9.72 Å². The SMILES string of the molecule is Cc1ccccc1NCc1nc2ccccc2n1CCOc1ccccc1C. The third kappa shape index (κ3) is 3.86. The Bertz CT molecular complexity index is 1080. The molecule has 4 heteroatoms. The summed E-state index contributed by atoms with van der Waals surface area (Å²) in [7, 11) is 0. The Balaban J connectivity index is 1.53. The zero-order chi connectivity index (χ0) is 19.3. The van der Waals surface area contributed by atoms with Crippen LogP contribution in [0.3, 0.4) is 0 Å². The molecular weight excluding hydrogens is 346 g/mol. The molecule has 4 rings (SSSR count). The molecule has 0 amide bonds. The monoisotopic (exact) mass is 371 g/mol. The second kappa shape index (κ2) is 8.17. The van der Waals surface area contributed by atoms with Gasteiger partial charge in [0.2, 0.25) is 0 Å². The highest BCUT2D eigenvalue weighted by atomic mass is 16.5. The van der Waals surface area contributed by atoms with Crippen LogP contribution in [0.4, 0.5) is 5.69 Å². The van der Waals surface area contributed by atoms with E-state index >= 15 is 0 Å². The molecule has 4 nitrogen and oxygen atoms in total. The van der Waals surface area contributed by atoms with Gasteiger partial charge >= 0.3 is 0 Å². The molecule has 0 aliphatic heterocycles. The molecular formula is C24H25N3O. The summed E-state index contributed by atoms with van der Waals surface area (Å²) in [6.07, 6.45) is 0. The first-order valence-corrected chi connectivity index (χ1v) is 9.64. The molecule has 0 aliphatic carbocycles. The van der Waals surface area contributed by atoms with E-state index in [9.17, 15) is 0 Å². The summed E-state index contributed by atoms with van der Waals surface area (Å²) < 4.78 is 8.28. The van der Waals surface area contributed by atoms with E-state index in [-0.39, 0.29) is 0 Å². The zero-order valence-electron chi connectivity index (χ0n) is 16.4. The number of nitrogens with zero attached hydrogens (tertiary/aromatic N) is 2. The van der Waals surface area contributed by atoms with Gasteiger partial charge < -0.3 is 14.6 Å². The molecule has 1 heterocycles. The Morgan fingerprint density at radius 3 is 2.39 bits per heavy atom. The van der Waals surface area contributed by atoms with Crippen LogP contribution < -0.4 is 10.1 Å². The number of aromatic nitrogens is 2. The standard InChI is InChI=1S/C24H25N3O/c1-18-9-3-5-11-20(18)25-17-24-26-21-12-6-7-13-22(21)27(24)15-16-28-23-14-8-4-10-19(23)2/h3-14,25H,15-17H2,1-2H3. The maximum absolute atomic E-state index is 6.03. The van der Waals surface area contributed by atoms with E-state index in [1.807, 2.05) is 30.3 Å². The lowest BCUT2D eigenvalue weighted by Gasteiger charge is -2.13. The van der Waals surface area contributed by atoms with Gasteiger partial charge in [-0.3, -0.25) is 0 Å². The molecule has 0 aliphatic rings. The molecule has 1 N–H and O–H groups in total. The first-order valence-electron chi connectivity index (χ1n) is 9.64. The Morgan fingerprint density at radius 1 is 0.857 bits per heavy atom. The molecule has 0 radical (unpaired) electrons. The van der Waals surface area contributed by atoms with Gasteiger partial charge in [0.15, 0.2) is 0 Å². The molecule has 28 heavy (non-hydrogen) atoms. The number of rotatable bonds is 7. The number of aryl methyl sites for hydroxylation is 2. The molecule has 1 aromatic heterocycles. The van der Waals surface area contributed by atoms with Crippen molar-refractivity contribution in [3.63, 3.8) is 0 Å². The number of benzene rings is 3. The van der Waals surface area contributed by atoms with Crippen molar-refractivity contribution >= 4 is 16.7 Å². The van der Waals surface area contributed by atoms with Crippen LogP contribution in [0, 0.1) is 13.8 Å². The zero-order valence-corrected chi connectivity index (χ0v) is 16.4. The molecule has 0 unspecified atom stereocenters. The molecule has 0 saturated carbocycles. The van der Waals surface area contributed by atoms with Crippen LogP contribution in [-0.4, -0.2) is 16.2 Å². The maximum Gasteiger partial charge on any atom is 0.129 e. The van der Waals surface area contributed by atoms with Crippen molar-refractivity contribution in [3.8, 4) is 5.75 Å². The summed E-state index contributed by atoms with van der Waals surface area (Å²) in [6.45, 7) is 6.20. The summed E-state index contributed by atoms with van der Waals surface area (Å²) in [5.74, 6) is 1.95. The van der Waals surface area contributed by atoms with Crippen molar-refractivity contribution in [2.24, 2.45) is 0 Å². The molecule has 142 valence electrons. The number of hydrogen-bond acceptors (Lipinski definition) is 3. The Kier molecular flexibility index (Phi) is 5.29. The molecule has 0 spiro atoms. The van der Waals surface area contributed by atoms with Crippen LogP contribution in [0.15, 0.2) is 72.8 Å². The van der Waals surface area contributed by atoms with Gasteiger partial charge in [0.05, 0.1) is 24.1 Å². The summed E-state index contributed by atoms with van der Waals surface area (Å²) in [5.41, 5.74) is 5.67. The lowest BCUT2D eigenvalue weighted by Crippen LogP contribution is -2.14. The number of nitrogens with one attached hydrogen (secondary N) is 1. The van der Waals surface area contributed by atoms with Crippen LogP contribution in [-0.2, 0) is 13.1 Å². The second-order valence-corrected chi connectivity index (χ2v) is 6.95. The van der Waals surface area contributed by atoms with Gasteiger partial charge in [0, 0.05) is 5.69 Å². The summed E-state index contributed by atoms with van der Waals surface area (Å²) in [5, 5.41) is 3.52. The van der Waals surface area contributed by atoms with Gasteiger partial charge in [-0.2, -0.15) is 0 Å². The molecule has 0 bridgehead atoms. The number of anilines is 1. The smallest absolute Gasteiger partial charge is 0.129 e. The average Bonchev–Trinajstić information content (AvgIpc) is 3.06. The van der Waals surface area contributed by atoms with Crippen molar-refractivity contribution in [1.82, 2.24) is 9.55 Å². The van der Waals surface area contributed by atoms with Gasteiger partial charge in [-0.25, -0.2) is 4.98 Å². The topological polar surface area (TPSA) is 39.1 Å². The molecule has 0 fully saturated rings. The largest absolute Gasteiger partial charge is 0.491 e. The summed E-state index contributed by atoms with van der Waals surface area (Å²) >= 11 is 0. The predicted molar refractivity (Wildman–Crippen MR) is 115 cm³/mol. The fraction of sp³-hybridized carbons (Fsp3) is 0.208. The molecule has 4 aromatic rings. The highest BCUT2D eigenvalue weighted by Gasteiger charge is 2.11. The maximum atomic E-state index is 6.03. The lowest BCUT2D eigenvalue weighted by molar-refractivity contribution is 0.296. The first kappa shape index (κ1) is 18.1. The van der Waals surface area contributed by atoms with Gasteiger partial charge in [-0.05, 0) is 49.2 Å². The number of imidazole rings is 1. The quantitative estimate of drug-likeness (QED) is 0.476. The van der Waals surface area contributed by atoms with E-state index in [1.165, 1.54) is 5.56 Å². The number of para-hydroxylation sites is 4.